The number of hydrogen-bond donors (Lipinski definition) is 1. The van der Waals surface area contributed by atoms with E-state index in [9.17, 15) is 4.79 Å². The molecule has 28 heavy (non-hydrogen) atoms. The van der Waals surface area contributed by atoms with E-state index in [1.807, 2.05) is 37.3 Å². The van der Waals surface area contributed by atoms with Gasteiger partial charge in [0, 0.05) is 16.9 Å². The highest BCUT2D eigenvalue weighted by Gasteiger charge is 2.41. The second kappa shape index (κ2) is 8.50. The van der Waals surface area contributed by atoms with Crippen LogP contribution in [0.5, 0.6) is 0 Å². The second-order valence-corrected chi connectivity index (χ2v) is 8.48. The predicted octanol–water partition coefficient (Wildman–Crippen LogP) is 6.50. The first-order chi connectivity index (χ1) is 13.3. The summed E-state index contributed by atoms with van der Waals surface area (Å²) >= 11 is 6.25. The first kappa shape index (κ1) is 20.6. The average Bonchev–Trinajstić information content (AvgIpc) is 2.66. The van der Waals surface area contributed by atoms with Crippen LogP contribution in [0.1, 0.15) is 60.7 Å². The molecule has 2 aromatic carbocycles. The molecular formula is C24H27ClO3. The lowest BCUT2D eigenvalue weighted by molar-refractivity contribution is -0.108. The normalized spacial score (nSPS) is 24.9. The minimum absolute atomic E-state index is 0.0400. The lowest BCUT2D eigenvalue weighted by atomic mass is 9.73. The largest absolute Gasteiger partial charge is 0.478 e. The molecule has 0 bridgehead atoms. The van der Waals surface area contributed by atoms with Crippen LogP contribution >= 0.6 is 11.6 Å². The van der Waals surface area contributed by atoms with Crippen LogP contribution in [-0.4, -0.2) is 17.2 Å². The molecule has 1 N–H and O–H groups in total. The fourth-order valence-corrected chi connectivity index (χ4v) is 4.36. The maximum Gasteiger partial charge on any atom is 0.335 e. The SMILES string of the molecule is C=C(C)[C@H]1C[C@H](c2cccc(Cl)c2)[C@H](C(C)C)O[C@@H]1c1ccc(C(=O)O)cc1. The molecule has 0 aliphatic carbocycles. The zero-order valence-corrected chi connectivity index (χ0v) is 17.3. The molecule has 3 rings (SSSR count). The Hall–Kier alpha value is -2.10. The smallest absolute Gasteiger partial charge is 0.335 e. The Morgan fingerprint density at radius 2 is 1.86 bits per heavy atom. The number of aromatic carboxylic acids is 1. The molecule has 4 heteroatoms. The molecule has 3 nitrogen and oxygen atoms in total. The number of rotatable bonds is 5. The average molecular weight is 399 g/mol. The third-order valence-electron chi connectivity index (χ3n) is 5.63. The number of benzene rings is 2. The van der Waals surface area contributed by atoms with Crippen molar-refractivity contribution in [2.75, 3.05) is 0 Å². The number of ether oxygens (including phenoxy) is 1. The van der Waals surface area contributed by atoms with Gasteiger partial charge in [0.1, 0.15) is 0 Å². The molecule has 0 amide bonds. The van der Waals surface area contributed by atoms with Crippen LogP contribution in [0.15, 0.2) is 60.7 Å². The summed E-state index contributed by atoms with van der Waals surface area (Å²) in [5.74, 6) is -0.214. The van der Waals surface area contributed by atoms with Gasteiger partial charge >= 0.3 is 5.97 Å². The van der Waals surface area contributed by atoms with Crippen molar-refractivity contribution in [1.82, 2.24) is 0 Å². The second-order valence-electron chi connectivity index (χ2n) is 8.04. The van der Waals surface area contributed by atoms with E-state index < -0.39 is 5.97 Å². The van der Waals surface area contributed by atoms with E-state index in [4.69, 9.17) is 21.4 Å². The number of carboxylic acids is 1. The van der Waals surface area contributed by atoms with Crippen molar-refractivity contribution in [3.05, 3.63) is 82.4 Å². The summed E-state index contributed by atoms with van der Waals surface area (Å²) in [6.45, 7) is 10.6. The highest BCUT2D eigenvalue weighted by Crippen LogP contribution is 2.48. The first-order valence-electron chi connectivity index (χ1n) is 9.67. The molecule has 148 valence electrons. The van der Waals surface area contributed by atoms with Gasteiger partial charge in [-0.25, -0.2) is 4.79 Å². The van der Waals surface area contributed by atoms with Crippen LogP contribution in [0.4, 0.5) is 0 Å². The molecule has 2 aromatic rings. The monoisotopic (exact) mass is 398 g/mol. The van der Waals surface area contributed by atoms with Crippen molar-refractivity contribution in [3.8, 4) is 0 Å². The standard InChI is InChI=1S/C24H27ClO3/c1-14(2)20-13-21(18-6-5-7-19(25)12-18)22(15(3)4)28-23(20)16-8-10-17(11-9-16)24(26)27/h5-12,15,20-23H,1,13H2,2-4H3,(H,26,27)/t20-,21-,22+,23-/m1/s1. The van der Waals surface area contributed by atoms with E-state index in [0.29, 0.717) is 5.92 Å². The van der Waals surface area contributed by atoms with Crippen LogP contribution in [0.2, 0.25) is 5.02 Å². The van der Waals surface area contributed by atoms with Gasteiger partial charge in [0.15, 0.2) is 0 Å². The summed E-state index contributed by atoms with van der Waals surface area (Å²) in [4.78, 5) is 11.2. The first-order valence-corrected chi connectivity index (χ1v) is 10.0. The molecule has 1 aliphatic heterocycles. The zero-order valence-electron chi connectivity index (χ0n) is 16.6. The quantitative estimate of drug-likeness (QED) is 0.584. The Morgan fingerprint density at radius 1 is 1.18 bits per heavy atom. The molecule has 1 heterocycles. The summed E-state index contributed by atoms with van der Waals surface area (Å²) in [6, 6.07) is 15.0. The molecule has 0 aromatic heterocycles. The van der Waals surface area contributed by atoms with Crippen LogP contribution < -0.4 is 0 Å². The summed E-state index contributed by atoms with van der Waals surface area (Å²) in [5, 5.41) is 9.90. The Kier molecular flexibility index (Phi) is 6.26. The number of halogens is 1. The van der Waals surface area contributed by atoms with Gasteiger partial charge in [-0.15, -0.1) is 0 Å². The van der Waals surface area contributed by atoms with E-state index in [1.165, 1.54) is 5.56 Å². The molecule has 0 radical (unpaired) electrons. The van der Waals surface area contributed by atoms with Crippen molar-refractivity contribution in [2.24, 2.45) is 11.8 Å². The van der Waals surface area contributed by atoms with Crippen LogP contribution in [0, 0.1) is 11.8 Å². The van der Waals surface area contributed by atoms with E-state index in [2.05, 4.69) is 26.5 Å². The Bertz CT molecular complexity index is 856. The molecular weight excluding hydrogens is 372 g/mol. The summed E-state index contributed by atoms with van der Waals surface area (Å²) in [6.07, 6.45) is 0.825. The van der Waals surface area contributed by atoms with Gasteiger partial charge in [0.25, 0.3) is 0 Å². The van der Waals surface area contributed by atoms with E-state index in [-0.39, 0.29) is 29.6 Å². The fraction of sp³-hybridized carbons (Fsp3) is 0.375. The minimum Gasteiger partial charge on any atom is -0.478 e. The molecule has 1 fully saturated rings. The Balaban J connectivity index is 1.96. The van der Waals surface area contributed by atoms with Crippen LogP contribution in [0.3, 0.4) is 0 Å². The van der Waals surface area contributed by atoms with Crippen molar-refractivity contribution in [2.45, 2.75) is 45.3 Å². The molecule has 0 unspecified atom stereocenters. The van der Waals surface area contributed by atoms with Crippen molar-refractivity contribution in [3.63, 3.8) is 0 Å². The fourth-order valence-electron chi connectivity index (χ4n) is 4.16. The third kappa shape index (κ3) is 4.31. The van der Waals surface area contributed by atoms with E-state index in [1.54, 1.807) is 12.1 Å². The van der Waals surface area contributed by atoms with Crippen molar-refractivity contribution < 1.29 is 14.6 Å². The van der Waals surface area contributed by atoms with Gasteiger partial charge in [-0.05, 0) is 54.7 Å². The van der Waals surface area contributed by atoms with Crippen LogP contribution in [-0.2, 0) is 4.74 Å². The maximum atomic E-state index is 11.2. The van der Waals surface area contributed by atoms with Gasteiger partial charge < -0.3 is 9.84 Å². The van der Waals surface area contributed by atoms with Crippen molar-refractivity contribution >= 4 is 17.6 Å². The topological polar surface area (TPSA) is 46.5 Å². The molecule has 4 atom stereocenters. The molecule has 1 saturated heterocycles. The maximum absolute atomic E-state index is 11.2. The molecule has 1 aliphatic rings. The van der Waals surface area contributed by atoms with E-state index >= 15 is 0 Å². The van der Waals surface area contributed by atoms with Crippen LogP contribution in [0.25, 0.3) is 0 Å². The Morgan fingerprint density at radius 3 is 2.39 bits per heavy atom. The summed E-state index contributed by atoms with van der Waals surface area (Å²) in [5.41, 5.74) is 3.54. The van der Waals surface area contributed by atoms with Crippen molar-refractivity contribution in [1.29, 1.82) is 0 Å². The third-order valence-corrected chi connectivity index (χ3v) is 5.86. The molecule has 0 spiro atoms. The minimum atomic E-state index is -0.923. The highest BCUT2D eigenvalue weighted by atomic mass is 35.5. The van der Waals surface area contributed by atoms with Gasteiger partial charge in [-0.1, -0.05) is 61.9 Å². The van der Waals surface area contributed by atoms with E-state index in [0.717, 1.165) is 22.6 Å². The molecule has 0 saturated carbocycles. The lowest BCUT2D eigenvalue weighted by Crippen LogP contribution is -2.39. The summed E-state index contributed by atoms with van der Waals surface area (Å²) in [7, 11) is 0. The predicted molar refractivity (Wildman–Crippen MR) is 113 cm³/mol. The Labute approximate surface area is 172 Å². The van der Waals surface area contributed by atoms with Gasteiger partial charge in [-0.2, -0.15) is 0 Å². The van der Waals surface area contributed by atoms with Gasteiger partial charge in [0.2, 0.25) is 0 Å². The number of carbonyl (C=O) groups is 1. The highest BCUT2D eigenvalue weighted by molar-refractivity contribution is 6.30. The zero-order chi connectivity index (χ0) is 20.4. The lowest BCUT2D eigenvalue weighted by Gasteiger charge is -2.44. The number of carboxylic acid groups (broad SMARTS) is 1. The summed E-state index contributed by atoms with van der Waals surface area (Å²) < 4.78 is 6.66. The van der Waals surface area contributed by atoms with Gasteiger partial charge in [0.05, 0.1) is 17.8 Å². The number of hydrogen-bond acceptors (Lipinski definition) is 2. The van der Waals surface area contributed by atoms with Gasteiger partial charge in [-0.3, -0.25) is 0 Å².